The van der Waals surface area contributed by atoms with Crippen molar-refractivity contribution in [2.45, 2.75) is 11.3 Å². The van der Waals surface area contributed by atoms with E-state index in [4.69, 9.17) is 0 Å². The third-order valence-corrected chi connectivity index (χ3v) is 5.38. The van der Waals surface area contributed by atoms with Gasteiger partial charge in [-0.05, 0) is 48.4 Å². The minimum atomic E-state index is -3.51. The van der Waals surface area contributed by atoms with Crippen molar-refractivity contribution < 1.29 is 17.6 Å². The Bertz CT molecular complexity index is 912. The molecule has 0 N–H and O–H groups in total. The molecule has 1 aliphatic rings. The SMILES string of the molecule is CS(=O)(=O)c1ccc(F)c(C(=O)N2CCc3cc(Br)ccc32)c1. The van der Waals surface area contributed by atoms with Gasteiger partial charge in [0.2, 0.25) is 0 Å². The monoisotopic (exact) mass is 397 g/mol. The average Bonchev–Trinajstić information content (AvgIpc) is 2.88. The van der Waals surface area contributed by atoms with Crippen molar-refractivity contribution in [2.24, 2.45) is 0 Å². The van der Waals surface area contributed by atoms with Crippen LogP contribution in [0.15, 0.2) is 45.8 Å². The molecule has 0 spiro atoms. The summed E-state index contributed by atoms with van der Waals surface area (Å²) in [5.41, 5.74) is 1.48. The van der Waals surface area contributed by atoms with Crippen molar-refractivity contribution in [1.82, 2.24) is 0 Å². The van der Waals surface area contributed by atoms with Crippen LogP contribution in [0.1, 0.15) is 15.9 Å². The molecule has 0 aliphatic carbocycles. The van der Waals surface area contributed by atoms with Crippen molar-refractivity contribution in [1.29, 1.82) is 0 Å². The van der Waals surface area contributed by atoms with Crippen LogP contribution in [0.4, 0.5) is 10.1 Å². The third kappa shape index (κ3) is 3.03. The summed E-state index contributed by atoms with van der Waals surface area (Å²) in [5.74, 6) is -1.26. The summed E-state index contributed by atoms with van der Waals surface area (Å²) in [5, 5.41) is 0. The summed E-state index contributed by atoms with van der Waals surface area (Å²) < 4.78 is 38.2. The van der Waals surface area contributed by atoms with Crippen molar-refractivity contribution in [3.05, 3.63) is 57.8 Å². The molecule has 0 bridgehead atoms. The fourth-order valence-electron chi connectivity index (χ4n) is 2.63. The molecule has 2 aromatic carbocycles. The largest absolute Gasteiger partial charge is 0.308 e. The van der Waals surface area contributed by atoms with E-state index in [-0.39, 0.29) is 10.5 Å². The molecule has 120 valence electrons. The fourth-order valence-corrected chi connectivity index (χ4v) is 3.68. The lowest BCUT2D eigenvalue weighted by molar-refractivity contribution is 0.0985. The first kappa shape index (κ1) is 16.1. The molecule has 3 rings (SSSR count). The van der Waals surface area contributed by atoms with Crippen molar-refractivity contribution in [3.8, 4) is 0 Å². The van der Waals surface area contributed by atoms with Gasteiger partial charge in [-0.1, -0.05) is 15.9 Å². The van der Waals surface area contributed by atoms with Crippen LogP contribution in [0, 0.1) is 5.82 Å². The van der Waals surface area contributed by atoms with E-state index in [9.17, 15) is 17.6 Å². The van der Waals surface area contributed by atoms with Gasteiger partial charge in [0.1, 0.15) is 5.82 Å². The standard InChI is InChI=1S/C16H13BrFNO3S/c1-23(21,22)12-3-4-14(18)13(9-12)16(20)19-7-6-10-8-11(17)2-5-15(10)19/h2-5,8-9H,6-7H2,1H3. The molecule has 1 heterocycles. The number of nitrogens with zero attached hydrogens (tertiary/aromatic N) is 1. The molecular weight excluding hydrogens is 385 g/mol. The Morgan fingerprint density at radius 2 is 1.96 bits per heavy atom. The molecule has 0 atom stereocenters. The molecule has 0 unspecified atom stereocenters. The van der Waals surface area contributed by atoms with E-state index < -0.39 is 21.6 Å². The summed E-state index contributed by atoms with van der Waals surface area (Å²) in [6, 6.07) is 8.81. The molecule has 0 fully saturated rings. The van der Waals surface area contributed by atoms with Gasteiger partial charge in [0.25, 0.3) is 5.91 Å². The normalized spacial score (nSPS) is 14.0. The highest BCUT2D eigenvalue weighted by molar-refractivity contribution is 9.10. The van der Waals surface area contributed by atoms with E-state index in [1.54, 1.807) is 6.07 Å². The van der Waals surface area contributed by atoms with Gasteiger partial charge >= 0.3 is 0 Å². The van der Waals surface area contributed by atoms with Gasteiger partial charge in [-0.15, -0.1) is 0 Å². The summed E-state index contributed by atoms with van der Waals surface area (Å²) in [6.07, 6.45) is 1.70. The predicted octanol–water partition coefficient (Wildman–Crippen LogP) is 3.19. The number of carbonyl (C=O) groups excluding carboxylic acids is 1. The Balaban J connectivity index is 2.03. The first-order chi connectivity index (χ1) is 10.8. The average molecular weight is 398 g/mol. The Morgan fingerprint density at radius 1 is 1.22 bits per heavy atom. The smallest absolute Gasteiger partial charge is 0.261 e. The van der Waals surface area contributed by atoms with Crippen LogP contribution in [0.3, 0.4) is 0 Å². The maximum absolute atomic E-state index is 14.1. The Morgan fingerprint density at radius 3 is 2.65 bits per heavy atom. The van der Waals surface area contributed by atoms with Crippen molar-refractivity contribution in [2.75, 3.05) is 17.7 Å². The lowest BCUT2D eigenvalue weighted by Crippen LogP contribution is -2.29. The van der Waals surface area contributed by atoms with E-state index in [1.807, 2.05) is 12.1 Å². The third-order valence-electron chi connectivity index (χ3n) is 3.78. The number of anilines is 1. The highest BCUT2D eigenvalue weighted by Gasteiger charge is 2.28. The van der Waals surface area contributed by atoms with E-state index in [1.165, 1.54) is 4.90 Å². The minimum absolute atomic E-state index is 0.0718. The van der Waals surface area contributed by atoms with Gasteiger partial charge in [-0.3, -0.25) is 4.79 Å². The van der Waals surface area contributed by atoms with E-state index in [0.29, 0.717) is 13.0 Å². The molecule has 23 heavy (non-hydrogen) atoms. The van der Waals surface area contributed by atoms with Crippen LogP contribution in [0.5, 0.6) is 0 Å². The molecule has 0 saturated heterocycles. The van der Waals surface area contributed by atoms with Gasteiger partial charge in [0.15, 0.2) is 9.84 Å². The van der Waals surface area contributed by atoms with Gasteiger partial charge in [0, 0.05) is 23.0 Å². The second kappa shape index (κ2) is 5.72. The van der Waals surface area contributed by atoms with Crippen LogP contribution in [-0.2, 0) is 16.3 Å². The predicted molar refractivity (Wildman–Crippen MR) is 89.0 cm³/mol. The molecule has 0 radical (unpaired) electrons. The molecule has 1 amide bonds. The number of rotatable bonds is 2. The zero-order valence-corrected chi connectivity index (χ0v) is 14.6. The zero-order valence-electron chi connectivity index (χ0n) is 12.2. The molecule has 0 aromatic heterocycles. The van der Waals surface area contributed by atoms with E-state index in [0.717, 1.165) is 40.2 Å². The zero-order chi connectivity index (χ0) is 16.8. The van der Waals surface area contributed by atoms with Crippen molar-refractivity contribution in [3.63, 3.8) is 0 Å². The van der Waals surface area contributed by atoms with Crippen LogP contribution < -0.4 is 4.90 Å². The molecule has 0 saturated carbocycles. The molecule has 4 nitrogen and oxygen atoms in total. The fraction of sp³-hybridized carbons (Fsp3) is 0.188. The van der Waals surface area contributed by atoms with Gasteiger partial charge in [-0.2, -0.15) is 0 Å². The molecule has 2 aromatic rings. The first-order valence-electron chi connectivity index (χ1n) is 6.87. The summed E-state index contributed by atoms with van der Waals surface area (Å²) >= 11 is 3.38. The minimum Gasteiger partial charge on any atom is -0.308 e. The number of hydrogen-bond donors (Lipinski definition) is 0. The Labute approximate surface area is 142 Å². The molecule has 1 aliphatic heterocycles. The molecule has 7 heteroatoms. The maximum Gasteiger partial charge on any atom is 0.261 e. The number of carbonyl (C=O) groups is 1. The number of sulfone groups is 1. The van der Waals surface area contributed by atoms with Crippen LogP contribution in [-0.4, -0.2) is 27.1 Å². The number of fused-ring (bicyclic) bond motifs is 1. The number of benzene rings is 2. The van der Waals surface area contributed by atoms with Crippen molar-refractivity contribution >= 4 is 37.4 Å². The lowest BCUT2D eigenvalue weighted by atomic mass is 10.1. The topological polar surface area (TPSA) is 54.5 Å². The van der Waals surface area contributed by atoms with Gasteiger partial charge < -0.3 is 4.90 Å². The van der Waals surface area contributed by atoms with Gasteiger partial charge in [0.05, 0.1) is 10.5 Å². The highest BCUT2D eigenvalue weighted by Crippen LogP contribution is 2.32. The lowest BCUT2D eigenvalue weighted by Gasteiger charge is -2.18. The van der Waals surface area contributed by atoms with Crippen LogP contribution >= 0.6 is 15.9 Å². The molecular formula is C16H13BrFNO3S. The second-order valence-corrected chi connectivity index (χ2v) is 8.33. The van der Waals surface area contributed by atoms with Gasteiger partial charge in [-0.25, -0.2) is 12.8 Å². The Kier molecular flexibility index (Phi) is 4.01. The summed E-state index contributed by atoms with van der Waals surface area (Å²) in [6.45, 7) is 0.438. The van der Waals surface area contributed by atoms with Crippen LogP contribution in [0.25, 0.3) is 0 Å². The van der Waals surface area contributed by atoms with E-state index >= 15 is 0 Å². The second-order valence-electron chi connectivity index (χ2n) is 5.39. The van der Waals surface area contributed by atoms with E-state index in [2.05, 4.69) is 15.9 Å². The number of hydrogen-bond acceptors (Lipinski definition) is 3. The Hall–Kier alpha value is -1.73. The number of amides is 1. The first-order valence-corrected chi connectivity index (χ1v) is 9.56. The highest BCUT2D eigenvalue weighted by atomic mass is 79.9. The quantitative estimate of drug-likeness (QED) is 0.731. The number of halogens is 2. The summed E-state index contributed by atoms with van der Waals surface area (Å²) in [7, 11) is -3.51. The summed E-state index contributed by atoms with van der Waals surface area (Å²) in [4.78, 5) is 14.1. The van der Waals surface area contributed by atoms with Crippen LogP contribution in [0.2, 0.25) is 0 Å². The maximum atomic E-state index is 14.1.